The Labute approximate surface area is 100 Å². The van der Waals surface area contributed by atoms with Gasteiger partial charge in [0.1, 0.15) is 5.82 Å². The van der Waals surface area contributed by atoms with Gasteiger partial charge in [-0.2, -0.15) is 0 Å². The number of rotatable bonds is 5. The fourth-order valence-corrected chi connectivity index (χ4v) is 1.63. The number of aliphatic carboxylic acids is 1. The van der Waals surface area contributed by atoms with Crippen molar-refractivity contribution in [1.82, 2.24) is 0 Å². The smallest absolute Gasteiger partial charge is 0.306 e. The van der Waals surface area contributed by atoms with E-state index >= 15 is 0 Å². The van der Waals surface area contributed by atoms with E-state index in [2.05, 4.69) is 21.2 Å². The maximum Gasteiger partial charge on any atom is 0.306 e. The summed E-state index contributed by atoms with van der Waals surface area (Å²) < 4.78 is 13.3. The molecule has 4 nitrogen and oxygen atoms in total. The highest BCUT2D eigenvalue weighted by Crippen LogP contribution is 2.22. The van der Waals surface area contributed by atoms with Crippen molar-refractivity contribution in [2.24, 2.45) is 0 Å². The Kier molecular flexibility index (Phi) is 4.70. The van der Waals surface area contributed by atoms with Crippen LogP contribution in [-0.4, -0.2) is 28.8 Å². The number of halogens is 2. The fraction of sp³-hybridized carbons (Fsp3) is 0.300. The quantitative estimate of drug-likeness (QED) is 0.774. The molecule has 0 aromatic heterocycles. The Morgan fingerprint density at radius 3 is 2.81 bits per heavy atom. The van der Waals surface area contributed by atoms with Crippen molar-refractivity contribution < 1.29 is 19.4 Å². The van der Waals surface area contributed by atoms with Gasteiger partial charge in [-0.1, -0.05) is 0 Å². The van der Waals surface area contributed by atoms with Crippen LogP contribution in [0.5, 0.6) is 0 Å². The number of carbonyl (C=O) groups is 1. The number of carboxylic acid groups (broad SMARTS) is 1. The lowest BCUT2D eigenvalue weighted by molar-refractivity contribution is -0.138. The highest BCUT2D eigenvalue weighted by atomic mass is 79.9. The Bertz CT molecular complexity index is 386. The van der Waals surface area contributed by atoms with Crippen molar-refractivity contribution in [2.75, 3.05) is 11.9 Å². The molecule has 0 fully saturated rings. The van der Waals surface area contributed by atoms with E-state index < -0.39 is 12.1 Å². The van der Waals surface area contributed by atoms with Crippen LogP contribution < -0.4 is 5.32 Å². The second-order valence-corrected chi connectivity index (χ2v) is 4.11. The minimum atomic E-state index is -1.06. The van der Waals surface area contributed by atoms with Gasteiger partial charge < -0.3 is 15.5 Å². The Morgan fingerprint density at radius 1 is 1.56 bits per heavy atom. The first-order valence-electron chi connectivity index (χ1n) is 4.58. The zero-order valence-electron chi connectivity index (χ0n) is 8.28. The van der Waals surface area contributed by atoms with Crippen molar-refractivity contribution in [2.45, 2.75) is 12.5 Å². The summed E-state index contributed by atoms with van der Waals surface area (Å²) in [6, 6.07) is 4.06. The van der Waals surface area contributed by atoms with Crippen LogP contribution in [0.3, 0.4) is 0 Å². The summed E-state index contributed by atoms with van der Waals surface area (Å²) >= 11 is 3.15. The number of carboxylic acids is 1. The van der Waals surface area contributed by atoms with Gasteiger partial charge >= 0.3 is 5.97 Å². The van der Waals surface area contributed by atoms with Crippen LogP contribution in [-0.2, 0) is 4.79 Å². The molecular weight excluding hydrogens is 281 g/mol. The molecule has 88 valence electrons. The lowest BCUT2D eigenvalue weighted by Crippen LogP contribution is -2.22. The van der Waals surface area contributed by atoms with Crippen LogP contribution in [0.15, 0.2) is 22.7 Å². The molecule has 0 aliphatic heterocycles. The SMILES string of the molecule is O=C(O)CC(O)CNc1ccc(F)cc1Br. The lowest BCUT2D eigenvalue weighted by Gasteiger charge is -2.12. The van der Waals surface area contributed by atoms with Crippen LogP contribution in [0.4, 0.5) is 10.1 Å². The molecule has 6 heteroatoms. The van der Waals surface area contributed by atoms with E-state index in [1.54, 1.807) is 0 Å². The summed E-state index contributed by atoms with van der Waals surface area (Å²) in [5.41, 5.74) is 0.603. The Morgan fingerprint density at radius 2 is 2.25 bits per heavy atom. The first-order valence-corrected chi connectivity index (χ1v) is 5.37. The molecule has 3 N–H and O–H groups in total. The van der Waals surface area contributed by atoms with Gasteiger partial charge in [-0.15, -0.1) is 0 Å². The number of aliphatic hydroxyl groups excluding tert-OH is 1. The average Bonchev–Trinajstić information content (AvgIpc) is 2.15. The van der Waals surface area contributed by atoms with Crippen LogP contribution in [0.25, 0.3) is 0 Å². The standard InChI is InChI=1S/C10H11BrFNO3/c11-8-3-6(12)1-2-9(8)13-5-7(14)4-10(15)16/h1-3,7,13-14H,4-5H2,(H,15,16). The minimum Gasteiger partial charge on any atom is -0.481 e. The van der Waals surface area contributed by atoms with Crippen molar-refractivity contribution in [3.05, 3.63) is 28.5 Å². The van der Waals surface area contributed by atoms with Gasteiger partial charge in [0.05, 0.1) is 12.5 Å². The number of hydrogen-bond acceptors (Lipinski definition) is 3. The maximum absolute atomic E-state index is 12.7. The van der Waals surface area contributed by atoms with Gasteiger partial charge in [-0.05, 0) is 34.1 Å². The second-order valence-electron chi connectivity index (χ2n) is 3.26. The zero-order chi connectivity index (χ0) is 12.1. The van der Waals surface area contributed by atoms with Gasteiger partial charge in [-0.25, -0.2) is 4.39 Å². The predicted molar refractivity (Wildman–Crippen MR) is 60.8 cm³/mol. The molecule has 0 radical (unpaired) electrons. The van der Waals surface area contributed by atoms with E-state index in [0.29, 0.717) is 10.2 Å². The fourth-order valence-electron chi connectivity index (χ4n) is 1.13. The summed E-state index contributed by atoms with van der Waals surface area (Å²) in [5, 5.41) is 20.5. The molecule has 0 heterocycles. The summed E-state index contributed by atoms with van der Waals surface area (Å²) in [4.78, 5) is 10.3. The van der Waals surface area contributed by atoms with Crippen molar-refractivity contribution in [1.29, 1.82) is 0 Å². The van der Waals surface area contributed by atoms with E-state index in [1.807, 2.05) is 0 Å². The monoisotopic (exact) mass is 291 g/mol. The maximum atomic E-state index is 12.7. The van der Waals surface area contributed by atoms with E-state index in [0.717, 1.165) is 0 Å². The normalized spacial score (nSPS) is 12.2. The molecular formula is C10H11BrFNO3. The van der Waals surface area contributed by atoms with Crippen LogP contribution >= 0.6 is 15.9 Å². The van der Waals surface area contributed by atoms with Crippen molar-refractivity contribution in [3.63, 3.8) is 0 Å². The first-order chi connectivity index (χ1) is 7.49. The molecule has 0 spiro atoms. The van der Waals surface area contributed by atoms with Crippen LogP contribution in [0, 0.1) is 5.82 Å². The number of nitrogens with one attached hydrogen (secondary N) is 1. The number of aliphatic hydroxyl groups is 1. The third kappa shape index (κ3) is 4.16. The first kappa shape index (κ1) is 12.9. The topological polar surface area (TPSA) is 69.6 Å². The van der Waals surface area contributed by atoms with Gasteiger partial charge in [-0.3, -0.25) is 4.79 Å². The summed E-state index contributed by atoms with van der Waals surface area (Å²) in [6.45, 7) is 0.0938. The molecule has 0 amide bonds. The van der Waals surface area contributed by atoms with Crippen molar-refractivity contribution in [3.8, 4) is 0 Å². The molecule has 0 saturated carbocycles. The number of anilines is 1. The predicted octanol–water partition coefficient (Wildman–Crippen LogP) is 1.84. The second kappa shape index (κ2) is 5.81. The van der Waals surface area contributed by atoms with E-state index in [9.17, 15) is 14.3 Å². The van der Waals surface area contributed by atoms with E-state index in [4.69, 9.17) is 5.11 Å². The van der Waals surface area contributed by atoms with Gasteiger partial charge in [0.2, 0.25) is 0 Å². The summed E-state index contributed by atoms with van der Waals surface area (Å²) in [5.74, 6) is -1.43. The zero-order valence-corrected chi connectivity index (χ0v) is 9.87. The molecule has 1 rings (SSSR count). The van der Waals surface area contributed by atoms with Crippen LogP contribution in [0.1, 0.15) is 6.42 Å². The largest absolute Gasteiger partial charge is 0.481 e. The van der Waals surface area contributed by atoms with E-state index in [-0.39, 0.29) is 18.8 Å². The van der Waals surface area contributed by atoms with Crippen molar-refractivity contribution >= 4 is 27.6 Å². The molecule has 1 aromatic rings. The van der Waals surface area contributed by atoms with E-state index in [1.165, 1.54) is 18.2 Å². The molecule has 0 aliphatic rings. The third-order valence-electron chi connectivity index (χ3n) is 1.87. The molecule has 1 atom stereocenters. The molecule has 1 unspecified atom stereocenters. The molecule has 0 aliphatic carbocycles. The average molecular weight is 292 g/mol. The summed E-state index contributed by atoms with van der Waals surface area (Å²) in [7, 11) is 0. The van der Waals surface area contributed by atoms with Gasteiger partial charge in [0.25, 0.3) is 0 Å². The van der Waals surface area contributed by atoms with Gasteiger partial charge in [0, 0.05) is 16.7 Å². The highest BCUT2D eigenvalue weighted by Gasteiger charge is 2.09. The Balaban J connectivity index is 2.51. The van der Waals surface area contributed by atoms with Crippen LogP contribution in [0.2, 0.25) is 0 Å². The highest BCUT2D eigenvalue weighted by molar-refractivity contribution is 9.10. The third-order valence-corrected chi connectivity index (χ3v) is 2.53. The molecule has 1 aromatic carbocycles. The Hall–Kier alpha value is -1.14. The molecule has 0 saturated heterocycles. The minimum absolute atomic E-state index is 0.0938. The summed E-state index contributed by atoms with van der Waals surface area (Å²) in [6.07, 6.45) is -1.30. The van der Waals surface area contributed by atoms with Gasteiger partial charge in [0.15, 0.2) is 0 Å². The molecule has 16 heavy (non-hydrogen) atoms. The number of hydrogen-bond donors (Lipinski definition) is 3. The molecule has 0 bridgehead atoms. The number of benzene rings is 1. The lowest BCUT2D eigenvalue weighted by atomic mass is 10.2.